The molecule has 0 bridgehead atoms. The van der Waals surface area contributed by atoms with Crippen LogP contribution in [-0.4, -0.2) is 30.0 Å². The summed E-state index contributed by atoms with van der Waals surface area (Å²) in [4.78, 5) is 5.00. The van der Waals surface area contributed by atoms with Gasteiger partial charge >= 0.3 is 0 Å². The lowest BCUT2D eigenvalue weighted by Crippen LogP contribution is -2.47. The molecule has 0 spiro atoms. The Morgan fingerprint density at radius 3 is 2.00 bits per heavy atom. The van der Waals surface area contributed by atoms with Crippen molar-refractivity contribution in [2.75, 3.05) is 20.2 Å². The maximum atomic E-state index is 13.4. The summed E-state index contributed by atoms with van der Waals surface area (Å²) >= 11 is 0. The van der Waals surface area contributed by atoms with E-state index in [-0.39, 0.29) is 12.0 Å². The second-order valence-electron chi connectivity index (χ2n) is 8.02. The van der Waals surface area contributed by atoms with Gasteiger partial charge < -0.3 is 4.74 Å². The minimum Gasteiger partial charge on any atom is -0.496 e. The molecule has 3 aromatic carbocycles. The lowest BCUT2D eigenvalue weighted by Gasteiger charge is -2.44. The van der Waals surface area contributed by atoms with Crippen LogP contribution < -0.4 is 4.74 Å². The third kappa shape index (κ3) is 4.72. The third-order valence-electron chi connectivity index (χ3n) is 5.80. The molecule has 1 saturated heterocycles. The van der Waals surface area contributed by atoms with E-state index < -0.39 is 0 Å². The highest BCUT2D eigenvalue weighted by Crippen LogP contribution is 2.36. The van der Waals surface area contributed by atoms with E-state index in [0.29, 0.717) is 0 Å². The molecule has 0 unspecified atom stereocenters. The summed E-state index contributed by atoms with van der Waals surface area (Å²) in [6.07, 6.45) is 1.19. The molecule has 0 saturated carbocycles. The fourth-order valence-electron chi connectivity index (χ4n) is 4.31. The van der Waals surface area contributed by atoms with E-state index in [9.17, 15) is 4.39 Å². The number of nitrogens with zero attached hydrogens (tertiary/aromatic N) is 2. The van der Waals surface area contributed by atoms with Crippen LogP contribution in [0.3, 0.4) is 0 Å². The zero-order valence-corrected chi connectivity index (χ0v) is 17.7. The van der Waals surface area contributed by atoms with Gasteiger partial charge in [-0.05, 0) is 42.7 Å². The molecule has 156 valence electrons. The summed E-state index contributed by atoms with van der Waals surface area (Å²) in [7, 11) is 1.73. The standard InChI is InChI=1S/C26H29FN2O/c1-20-8-10-21(11-9-20)18-28-16-5-17-29(19-22-12-14-23(27)15-13-22)26(28)24-6-3-4-7-25(24)30-2/h3-4,6-15,26H,5,16-19H2,1-2H3/t26-/m0/s1. The fourth-order valence-corrected chi connectivity index (χ4v) is 4.31. The molecule has 0 N–H and O–H groups in total. The van der Waals surface area contributed by atoms with Crippen LogP contribution >= 0.6 is 0 Å². The Balaban J connectivity index is 1.67. The van der Waals surface area contributed by atoms with Crippen LogP contribution in [0.15, 0.2) is 72.8 Å². The molecule has 1 aliphatic heterocycles. The van der Waals surface area contributed by atoms with E-state index in [4.69, 9.17) is 4.74 Å². The van der Waals surface area contributed by atoms with Crippen molar-refractivity contribution in [1.82, 2.24) is 9.80 Å². The lowest BCUT2D eigenvalue weighted by atomic mass is 10.0. The monoisotopic (exact) mass is 404 g/mol. The lowest BCUT2D eigenvalue weighted by molar-refractivity contribution is -0.0103. The van der Waals surface area contributed by atoms with Crippen molar-refractivity contribution < 1.29 is 9.13 Å². The van der Waals surface area contributed by atoms with Gasteiger partial charge in [-0.2, -0.15) is 0 Å². The molecular formula is C26H29FN2O. The smallest absolute Gasteiger partial charge is 0.124 e. The van der Waals surface area contributed by atoms with Gasteiger partial charge in [0, 0.05) is 31.7 Å². The molecule has 1 fully saturated rings. The van der Waals surface area contributed by atoms with Crippen molar-refractivity contribution in [2.45, 2.75) is 32.6 Å². The second-order valence-corrected chi connectivity index (χ2v) is 8.02. The van der Waals surface area contributed by atoms with E-state index in [1.165, 1.54) is 16.7 Å². The van der Waals surface area contributed by atoms with Crippen LogP contribution in [-0.2, 0) is 13.1 Å². The van der Waals surface area contributed by atoms with E-state index in [1.54, 1.807) is 19.2 Å². The average Bonchev–Trinajstić information content (AvgIpc) is 2.77. The Kier molecular flexibility index (Phi) is 6.46. The number of hydrogen-bond donors (Lipinski definition) is 0. The van der Waals surface area contributed by atoms with Gasteiger partial charge in [0.25, 0.3) is 0 Å². The highest BCUT2D eigenvalue weighted by atomic mass is 19.1. The molecule has 4 rings (SSSR count). The summed E-state index contributed by atoms with van der Waals surface area (Å²) in [5.74, 6) is 0.710. The number of benzene rings is 3. The number of hydrogen-bond acceptors (Lipinski definition) is 3. The zero-order valence-electron chi connectivity index (χ0n) is 17.7. The van der Waals surface area contributed by atoms with Crippen molar-refractivity contribution in [3.8, 4) is 5.75 Å². The van der Waals surface area contributed by atoms with Gasteiger partial charge in [-0.3, -0.25) is 9.80 Å². The fraction of sp³-hybridized carbons (Fsp3) is 0.308. The van der Waals surface area contributed by atoms with Crippen molar-refractivity contribution in [1.29, 1.82) is 0 Å². The van der Waals surface area contributed by atoms with Gasteiger partial charge in [0.2, 0.25) is 0 Å². The highest BCUT2D eigenvalue weighted by molar-refractivity contribution is 5.36. The molecule has 1 heterocycles. The molecule has 0 aliphatic carbocycles. The Hall–Kier alpha value is -2.69. The van der Waals surface area contributed by atoms with Crippen LogP contribution in [0.2, 0.25) is 0 Å². The Morgan fingerprint density at radius 2 is 1.40 bits per heavy atom. The van der Waals surface area contributed by atoms with E-state index in [1.807, 2.05) is 24.3 Å². The number of ether oxygens (including phenoxy) is 1. The molecule has 0 radical (unpaired) electrons. The molecule has 30 heavy (non-hydrogen) atoms. The summed E-state index contributed by atoms with van der Waals surface area (Å²) in [5.41, 5.74) is 4.88. The van der Waals surface area contributed by atoms with Gasteiger partial charge in [0.15, 0.2) is 0 Å². The minimum absolute atomic E-state index is 0.0984. The first-order chi connectivity index (χ1) is 14.6. The number of halogens is 1. The van der Waals surface area contributed by atoms with Crippen LogP contribution in [0.25, 0.3) is 0 Å². The van der Waals surface area contributed by atoms with Crippen molar-refractivity contribution in [3.05, 3.63) is 101 Å². The quantitative estimate of drug-likeness (QED) is 0.536. The van der Waals surface area contributed by atoms with Gasteiger partial charge in [-0.25, -0.2) is 4.39 Å². The first-order valence-corrected chi connectivity index (χ1v) is 10.5. The van der Waals surface area contributed by atoms with Crippen LogP contribution in [0.1, 0.15) is 34.8 Å². The van der Waals surface area contributed by atoms with E-state index in [0.717, 1.165) is 43.9 Å². The number of methoxy groups -OCH3 is 1. The van der Waals surface area contributed by atoms with E-state index in [2.05, 4.69) is 53.1 Å². The van der Waals surface area contributed by atoms with Crippen molar-refractivity contribution in [3.63, 3.8) is 0 Å². The molecule has 4 heteroatoms. The van der Waals surface area contributed by atoms with Crippen LogP contribution in [0.4, 0.5) is 4.39 Å². The molecule has 0 aromatic heterocycles. The second kappa shape index (κ2) is 9.41. The van der Waals surface area contributed by atoms with Crippen molar-refractivity contribution in [2.24, 2.45) is 0 Å². The van der Waals surface area contributed by atoms with Gasteiger partial charge in [0.05, 0.1) is 13.3 Å². The predicted molar refractivity (Wildman–Crippen MR) is 119 cm³/mol. The molecule has 1 aliphatic rings. The maximum absolute atomic E-state index is 13.4. The minimum atomic E-state index is -0.195. The predicted octanol–water partition coefficient (Wildman–Crippen LogP) is 5.55. The van der Waals surface area contributed by atoms with Gasteiger partial charge in [-0.15, -0.1) is 0 Å². The average molecular weight is 405 g/mol. The molecule has 3 aromatic rings. The van der Waals surface area contributed by atoms with Gasteiger partial charge in [0.1, 0.15) is 11.6 Å². The molecule has 1 atom stereocenters. The Labute approximate surface area is 178 Å². The van der Waals surface area contributed by atoms with Crippen LogP contribution in [0, 0.1) is 12.7 Å². The largest absolute Gasteiger partial charge is 0.496 e. The summed E-state index contributed by atoms with van der Waals surface area (Å²) in [6.45, 7) is 5.78. The van der Waals surface area contributed by atoms with Gasteiger partial charge in [-0.1, -0.05) is 60.2 Å². The third-order valence-corrected chi connectivity index (χ3v) is 5.80. The first-order valence-electron chi connectivity index (χ1n) is 10.5. The highest BCUT2D eigenvalue weighted by Gasteiger charge is 2.32. The molecule has 0 amide bonds. The van der Waals surface area contributed by atoms with Crippen LogP contribution in [0.5, 0.6) is 5.75 Å². The molecule has 3 nitrogen and oxygen atoms in total. The summed E-state index contributed by atoms with van der Waals surface area (Å²) in [6, 6.07) is 23.9. The van der Waals surface area contributed by atoms with Crippen molar-refractivity contribution >= 4 is 0 Å². The summed E-state index contributed by atoms with van der Waals surface area (Å²) < 4.78 is 19.1. The number of rotatable bonds is 6. The summed E-state index contributed by atoms with van der Waals surface area (Å²) in [5, 5.41) is 0. The van der Waals surface area contributed by atoms with E-state index >= 15 is 0 Å². The maximum Gasteiger partial charge on any atom is 0.124 e. The zero-order chi connectivity index (χ0) is 20.9. The number of para-hydroxylation sites is 1. The normalized spacial score (nSPS) is 17.8. The SMILES string of the molecule is COc1ccccc1[C@H]1N(Cc2ccc(C)cc2)CCCN1Cc1ccc(F)cc1. The topological polar surface area (TPSA) is 15.7 Å². The Morgan fingerprint density at radius 1 is 0.833 bits per heavy atom. The number of aryl methyl sites for hydroxylation is 1. The first kappa shape index (κ1) is 20.6. The Bertz CT molecular complexity index is 900. The molecular weight excluding hydrogens is 375 g/mol.